The third kappa shape index (κ3) is 5.53. The van der Waals surface area contributed by atoms with Crippen LogP contribution in [0.5, 0.6) is 23.0 Å². The van der Waals surface area contributed by atoms with Gasteiger partial charge in [-0.3, -0.25) is 4.79 Å². The maximum absolute atomic E-state index is 13.6. The lowest BCUT2D eigenvalue weighted by atomic mass is 9.91. The third-order valence-corrected chi connectivity index (χ3v) is 6.29. The third-order valence-electron chi connectivity index (χ3n) is 6.29. The number of para-hydroxylation sites is 1. The van der Waals surface area contributed by atoms with Crippen molar-refractivity contribution < 1.29 is 23.7 Å². The molecule has 0 aromatic heterocycles. The van der Waals surface area contributed by atoms with Crippen LogP contribution in [0.3, 0.4) is 0 Å². The fourth-order valence-electron chi connectivity index (χ4n) is 4.65. The molecule has 0 radical (unpaired) electrons. The van der Waals surface area contributed by atoms with E-state index in [0.717, 1.165) is 28.0 Å². The van der Waals surface area contributed by atoms with E-state index in [2.05, 4.69) is 6.07 Å². The van der Waals surface area contributed by atoms with Crippen molar-refractivity contribution in [2.45, 2.75) is 39.3 Å². The van der Waals surface area contributed by atoms with Crippen LogP contribution in [0, 0.1) is 13.8 Å². The van der Waals surface area contributed by atoms with E-state index >= 15 is 0 Å². The van der Waals surface area contributed by atoms with Crippen LogP contribution in [-0.4, -0.2) is 44.3 Å². The van der Waals surface area contributed by atoms with Gasteiger partial charge in [0.25, 0.3) is 5.91 Å². The monoisotopic (exact) mass is 475 g/mol. The highest BCUT2D eigenvalue weighted by Crippen LogP contribution is 2.39. The molecule has 0 unspecified atom stereocenters. The number of hydrogen-bond acceptors (Lipinski definition) is 5. The lowest BCUT2D eigenvalue weighted by Crippen LogP contribution is -2.47. The van der Waals surface area contributed by atoms with E-state index in [4.69, 9.17) is 18.9 Å². The number of rotatable bonds is 8. The van der Waals surface area contributed by atoms with Crippen molar-refractivity contribution in [2.24, 2.45) is 0 Å². The zero-order chi connectivity index (χ0) is 24.9. The second-order valence-electron chi connectivity index (χ2n) is 8.91. The zero-order valence-corrected chi connectivity index (χ0v) is 21.0. The maximum atomic E-state index is 13.6. The smallest absolute Gasteiger partial charge is 0.263 e. The Morgan fingerprint density at radius 3 is 2.26 bits per heavy atom. The zero-order valence-electron chi connectivity index (χ0n) is 21.0. The summed E-state index contributed by atoms with van der Waals surface area (Å²) in [6.07, 6.45) is 0.0716. The summed E-state index contributed by atoms with van der Waals surface area (Å²) in [6.45, 7) is 6.76. The van der Waals surface area contributed by atoms with Gasteiger partial charge in [-0.05, 0) is 85.8 Å². The molecule has 1 amide bonds. The molecule has 0 N–H and O–H groups in total. The summed E-state index contributed by atoms with van der Waals surface area (Å²) in [5, 5.41) is 0. The fraction of sp³-hybridized carbons (Fsp3) is 0.345. The molecule has 0 saturated carbocycles. The van der Waals surface area contributed by atoms with Crippen molar-refractivity contribution in [2.75, 3.05) is 27.4 Å². The largest absolute Gasteiger partial charge is 0.493 e. The minimum Gasteiger partial charge on any atom is -0.493 e. The molecule has 3 aromatic rings. The average molecular weight is 476 g/mol. The van der Waals surface area contributed by atoms with Gasteiger partial charge in [-0.15, -0.1) is 0 Å². The topological polar surface area (TPSA) is 57.2 Å². The highest BCUT2D eigenvalue weighted by atomic mass is 16.5. The summed E-state index contributed by atoms with van der Waals surface area (Å²) in [5.74, 6) is 2.69. The van der Waals surface area contributed by atoms with Crippen molar-refractivity contribution in [3.8, 4) is 23.0 Å². The minimum atomic E-state index is -0.636. The number of carbonyl (C=O) groups is 1. The molecule has 184 valence electrons. The first-order chi connectivity index (χ1) is 16.9. The standard InChI is InChI=1S/C29H33NO5/c1-19-13-20(2)15-24(14-19)34-18-26-25-17-28(33-5)27(32-4)16-22(25)11-12-30(26)29(31)21(3)35-23-9-7-6-8-10-23/h6-10,13-17,21,26H,11-12,18H2,1-5H3/t21-,26+/m1/s1. The molecule has 0 saturated heterocycles. The van der Waals surface area contributed by atoms with Crippen LogP contribution in [0.4, 0.5) is 0 Å². The van der Waals surface area contributed by atoms with E-state index in [1.54, 1.807) is 21.1 Å². The highest BCUT2D eigenvalue weighted by molar-refractivity contribution is 5.82. The van der Waals surface area contributed by atoms with Crippen LogP contribution in [0.1, 0.15) is 35.2 Å². The summed E-state index contributed by atoms with van der Waals surface area (Å²) in [6, 6.07) is 19.2. The summed E-state index contributed by atoms with van der Waals surface area (Å²) in [5.41, 5.74) is 4.39. The van der Waals surface area contributed by atoms with Crippen LogP contribution < -0.4 is 18.9 Å². The normalized spacial score (nSPS) is 15.7. The predicted octanol–water partition coefficient (Wildman–Crippen LogP) is 5.29. The number of fused-ring (bicyclic) bond motifs is 1. The summed E-state index contributed by atoms with van der Waals surface area (Å²) in [4.78, 5) is 15.5. The Morgan fingerprint density at radius 1 is 0.943 bits per heavy atom. The van der Waals surface area contributed by atoms with Crippen LogP contribution in [0.15, 0.2) is 60.7 Å². The summed E-state index contributed by atoms with van der Waals surface area (Å²) in [7, 11) is 3.25. The second kappa shape index (κ2) is 10.7. The van der Waals surface area contributed by atoms with Gasteiger partial charge >= 0.3 is 0 Å². The summed E-state index contributed by atoms with van der Waals surface area (Å²) >= 11 is 0. The van der Waals surface area contributed by atoms with Gasteiger partial charge in [0.1, 0.15) is 18.1 Å². The van der Waals surface area contributed by atoms with Crippen molar-refractivity contribution in [1.29, 1.82) is 0 Å². The van der Waals surface area contributed by atoms with E-state index in [-0.39, 0.29) is 11.9 Å². The second-order valence-corrected chi connectivity index (χ2v) is 8.91. The van der Waals surface area contributed by atoms with E-state index in [1.807, 2.05) is 73.3 Å². The SMILES string of the molecule is COc1cc2c(cc1OC)[C@H](COc1cc(C)cc(C)c1)N(C(=O)[C@@H](C)Oc1ccccc1)CC2. The fourth-order valence-corrected chi connectivity index (χ4v) is 4.65. The maximum Gasteiger partial charge on any atom is 0.263 e. The Hall–Kier alpha value is -3.67. The molecule has 2 atom stereocenters. The number of amides is 1. The van der Waals surface area contributed by atoms with E-state index in [9.17, 15) is 4.79 Å². The lowest BCUT2D eigenvalue weighted by molar-refractivity contribution is -0.141. The number of methoxy groups -OCH3 is 2. The van der Waals surface area contributed by atoms with E-state index in [0.29, 0.717) is 36.8 Å². The van der Waals surface area contributed by atoms with Crippen LogP contribution in [0.2, 0.25) is 0 Å². The van der Waals surface area contributed by atoms with Gasteiger partial charge in [-0.1, -0.05) is 24.3 Å². The van der Waals surface area contributed by atoms with E-state index < -0.39 is 6.10 Å². The van der Waals surface area contributed by atoms with Crippen molar-refractivity contribution >= 4 is 5.91 Å². The average Bonchev–Trinajstić information content (AvgIpc) is 2.85. The summed E-state index contributed by atoms with van der Waals surface area (Å²) < 4.78 is 23.3. The molecule has 1 aliphatic rings. The minimum absolute atomic E-state index is 0.0803. The molecule has 0 bridgehead atoms. The number of carbonyl (C=O) groups excluding carboxylic acids is 1. The van der Waals surface area contributed by atoms with Crippen molar-refractivity contribution in [1.82, 2.24) is 4.90 Å². The molecule has 0 spiro atoms. The number of aryl methyl sites for hydroxylation is 2. The first-order valence-electron chi connectivity index (χ1n) is 11.9. The molecule has 0 fully saturated rings. The number of nitrogens with zero attached hydrogens (tertiary/aromatic N) is 1. The first-order valence-corrected chi connectivity index (χ1v) is 11.9. The van der Waals surface area contributed by atoms with Crippen molar-refractivity contribution in [3.05, 3.63) is 82.9 Å². The Balaban J connectivity index is 1.64. The number of benzene rings is 3. The van der Waals surface area contributed by atoms with Gasteiger partial charge < -0.3 is 23.8 Å². The van der Waals surface area contributed by atoms with Gasteiger partial charge in [0.2, 0.25) is 0 Å². The predicted molar refractivity (Wildman–Crippen MR) is 136 cm³/mol. The van der Waals surface area contributed by atoms with Crippen LogP contribution in [-0.2, 0) is 11.2 Å². The first kappa shape index (κ1) is 24.5. The van der Waals surface area contributed by atoms with Gasteiger partial charge in [0, 0.05) is 6.54 Å². The van der Waals surface area contributed by atoms with Gasteiger partial charge in [-0.25, -0.2) is 0 Å². The molecular weight excluding hydrogens is 442 g/mol. The van der Waals surface area contributed by atoms with Crippen LogP contribution >= 0.6 is 0 Å². The Labute approximate surface area is 207 Å². The van der Waals surface area contributed by atoms with Crippen molar-refractivity contribution in [3.63, 3.8) is 0 Å². The number of ether oxygens (including phenoxy) is 4. The Kier molecular flexibility index (Phi) is 7.49. The molecule has 35 heavy (non-hydrogen) atoms. The molecule has 1 heterocycles. The number of hydrogen-bond donors (Lipinski definition) is 0. The van der Waals surface area contributed by atoms with Crippen LogP contribution in [0.25, 0.3) is 0 Å². The van der Waals surface area contributed by atoms with E-state index in [1.165, 1.54) is 0 Å². The lowest BCUT2D eigenvalue weighted by Gasteiger charge is -2.38. The molecular formula is C29H33NO5. The molecule has 6 nitrogen and oxygen atoms in total. The molecule has 3 aromatic carbocycles. The quantitative estimate of drug-likeness (QED) is 0.443. The molecule has 6 heteroatoms. The highest BCUT2D eigenvalue weighted by Gasteiger charge is 2.35. The van der Waals surface area contributed by atoms with Gasteiger partial charge in [-0.2, -0.15) is 0 Å². The molecule has 1 aliphatic heterocycles. The molecule has 0 aliphatic carbocycles. The molecule has 4 rings (SSSR count). The van der Waals surface area contributed by atoms with Gasteiger partial charge in [0.05, 0.1) is 20.3 Å². The Morgan fingerprint density at radius 2 is 1.60 bits per heavy atom. The Bertz CT molecular complexity index is 1160. The van der Waals surface area contributed by atoms with Gasteiger partial charge in [0.15, 0.2) is 17.6 Å².